The number of benzene rings is 2. The highest BCUT2D eigenvalue weighted by atomic mass is 35.5. The Kier molecular flexibility index (Phi) is 7.27. The maximum Gasteiger partial charge on any atom is 0.295 e. The molecule has 1 amide bonds. The number of Topliss-reactive ketones (excluding diaryl/α,β-unsaturated/α-hetero) is 1. The van der Waals surface area contributed by atoms with Crippen LogP contribution in [0.4, 0.5) is 5.69 Å². The van der Waals surface area contributed by atoms with Gasteiger partial charge in [0.25, 0.3) is 17.4 Å². The van der Waals surface area contributed by atoms with Crippen molar-refractivity contribution in [1.82, 2.24) is 9.80 Å². The van der Waals surface area contributed by atoms with Crippen LogP contribution in [0.2, 0.25) is 5.02 Å². The molecule has 0 aromatic heterocycles. The predicted octanol–water partition coefficient (Wildman–Crippen LogP) is 4.01. The number of likely N-dealkylation sites (tertiary alicyclic amines) is 1. The van der Waals surface area contributed by atoms with Gasteiger partial charge in [0.15, 0.2) is 0 Å². The minimum atomic E-state index is -0.859. The molecule has 1 N–H and O–H groups in total. The van der Waals surface area contributed by atoms with E-state index in [0.29, 0.717) is 22.7 Å². The fourth-order valence-electron chi connectivity index (χ4n) is 3.79. The van der Waals surface area contributed by atoms with E-state index in [9.17, 15) is 24.8 Å². The Bertz CT molecular complexity index is 1050. The summed E-state index contributed by atoms with van der Waals surface area (Å²) in [5.74, 6) is -1.81. The maximum absolute atomic E-state index is 13.0. The van der Waals surface area contributed by atoms with Crippen LogP contribution in [0.3, 0.4) is 0 Å². The number of aliphatic hydroxyl groups excluding tert-OH is 1. The van der Waals surface area contributed by atoms with Crippen LogP contribution < -0.4 is 0 Å². The molecule has 32 heavy (non-hydrogen) atoms. The summed E-state index contributed by atoms with van der Waals surface area (Å²) in [6.07, 6.45) is 0. The molecular weight excluding hydrogens is 434 g/mol. The second-order valence-electron chi connectivity index (χ2n) is 7.37. The normalized spacial score (nSPS) is 17.9. The molecule has 0 saturated carbocycles. The van der Waals surface area contributed by atoms with Crippen molar-refractivity contribution in [2.45, 2.75) is 19.9 Å². The second-order valence-corrected chi connectivity index (χ2v) is 7.81. The molecule has 168 valence electrons. The number of hydrogen-bond acceptors (Lipinski definition) is 6. The van der Waals surface area contributed by atoms with Gasteiger partial charge in [-0.1, -0.05) is 25.4 Å². The molecule has 0 spiro atoms. The van der Waals surface area contributed by atoms with Gasteiger partial charge >= 0.3 is 0 Å². The summed E-state index contributed by atoms with van der Waals surface area (Å²) in [5.41, 5.74) is 0.699. The van der Waals surface area contributed by atoms with Crippen molar-refractivity contribution in [2.24, 2.45) is 0 Å². The minimum Gasteiger partial charge on any atom is -0.507 e. The number of nitrogens with zero attached hydrogens (tertiary/aromatic N) is 3. The molecule has 1 aliphatic rings. The Balaban J connectivity index is 2.10. The number of rotatable bonds is 8. The van der Waals surface area contributed by atoms with E-state index in [0.717, 1.165) is 13.1 Å². The van der Waals surface area contributed by atoms with Crippen LogP contribution in [-0.4, -0.2) is 57.7 Å². The van der Waals surface area contributed by atoms with Gasteiger partial charge in [0.2, 0.25) is 0 Å². The number of nitro benzene ring substituents is 1. The fraction of sp³-hybridized carbons (Fsp3) is 0.304. The zero-order valence-electron chi connectivity index (χ0n) is 17.8. The van der Waals surface area contributed by atoms with Crippen LogP contribution in [0.15, 0.2) is 54.1 Å². The molecule has 9 heteroatoms. The Morgan fingerprint density at radius 3 is 2.22 bits per heavy atom. The number of aliphatic hydroxyl groups is 1. The number of non-ortho nitro benzene ring substituents is 1. The molecule has 1 aliphatic heterocycles. The van der Waals surface area contributed by atoms with Crippen LogP contribution in [-0.2, 0) is 9.59 Å². The molecule has 1 heterocycles. The van der Waals surface area contributed by atoms with Gasteiger partial charge in [-0.25, -0.2) is 0 Å². The molecule has 0 unspecified atom stereocenters. The zero-order valence-corrected chi connectivity index (χ0v) is 18.6. The molecule has 1 atom stereocenters. The lowest BCUT2D eigenvalue weighted by atomic mass is 9.95. The van der Waals surface area contributed by atoms with Gasteiger partial charge in [0.05, 0.1) is 16.5 Å². The molecule has 0 radical (unpaired) electrons. The van der Waals surface area contributed by atoms with Gasteiger partial charge in [-0.05, 0) is 55.1 Å². The van der Waals surface area contributed by atoms with E-state index in [2.05, 4.69) is 4.90 Å². The molecule has 0 aliphatic carbocycles. The van der Waals surface area contributed by atoms with Gasteiger partial charge in [-0.15, -0.1) is 0 Å². The molecule has 8 nitrogen and oxygen atoms in total. The first-order valence-electron chi connectivity index (χ1n) is 10.3. The summed E-state index contributed by atoms with van der Waals surface area (Å²) in [6, 6.07) is 11.1. The van der Waals surface area contributed by atoms with Crippen LogP contribution in [0.5, 0.6) is 0 Å². The average Bonchev–Trinajstić information content (AvgIpc) is 3.04. The van der Waals surface area contributed by atoms with E-state index in [1.807, 2.05) is 13.8 Å². The quantitative estimate of drug-likeness (QED) is 0.211. The van der Waals surface area contributed by atoms with E-state index in [-0.39, 0.29) is 23.6 Å². The summed E-state index contributed by atoms with van der Waals surface area (Å²) in [5, 5.41) is 22.5. The number of halogens is 1. The number of carbonyl (C=O) groups excluding carboxylic acids is 2. The molecule has 1 saturated heterocycles. The first kappa shape index (κ1) is 23.4. The first-order valence-corrected chi connectivity index (χ1v) is 10.7. The molecule has 2 aromatic carbocycles. The molecule has 2 aromatic rings. The summed E-state index contributed by atoms with van der Waals surface area (Å²) < 4.78 is 0. The van der Waals surface area contributed by atoms with Gasteiger partial charge in [-0.2, -0.15) is 0 Å². The van der Waals surface area contributed by atoms with Crippen molar-refractivity contribution in [3.8, 4) is 0 Å². The monoisotopic (exact) mass is 457 g/mol. The predicted molar refractivity (Wildman–Crippen MR) is 121 cm³/mol. The van der Waals surface area contributed by atoms with Crippen LogP contribution in [0, 0.1) is 10.1 Å². The Hall–Kier alpha value is -3.23. The van der Waals surface area contributed by atoms with Gasteiger partial charge in [0, 0.05) is 35.8 Å². The molecule has 3 rings (SSSR count). The standard InChI is InChI=1S/C23H24ClN3O5/c1-3-25(4-2)13-14-26-20(15-7-11-18(12-8-15)27(31)32)19(22(29)23(26)30)21(28)16-5-9-17(24)10-6-16/h5-12,20,28H,3-4,13-14H2,1-2H3/b21-19+/t20-/m1/s1. The van der Waals surface area contributed by atoms with E-state index in [4.69, 9.17) is 11.6 Å². The second kappa shape index (κ2) is 9.93. The van der Waals surface area contributed by atoms with Crippen LogP contribution in [0.1, 0.15) is 31.0 Å². The third kappa shape index (κ3) is 4.66. The third-order valence-corrected chi connectivity index (χ3v) is 5.88. The van der Waals surface area contributed by atoms with Crippen molar-refractivity contribution >= 4 is 34.7 Å². The lowest BCUT2D eigenvalue weighted by Gasteiger charge is -2.28. The van der Waals surface area contributed by atoms with Crippen molar-refractivity contribution in [1.29, 1.82) is 0 Å². The van der Waals surface area contributed by atoms with E-state index in [1.165, 1.54) is 29.2 Å². The smallest absolute Gasteiger partial charge is 0.295 e. The van der Waals surface area contributed by atoms with Gasteiger partial charge < -0.3 is 14.9 Å². The maximum atomic E-state index is 13.0. The van der Waals surface area contributed by atoms with Crippen molar-refractivity contribution in [2.75, 3.05) is 26.2 Å². The summed E-state index contributed by atoms with van der Waals surface area (Å²) >= 11 is 5.93. The highest BCUT2D eigenvalue weighted by Gasteiger charge is 2.46. The summed E-state index contributed by atoms with van der Waals surface area (Å²) in [6.45, 7) is 6.40. The third-order valence-electron chi connectivity index (χ3n) is 5.63. The van der Waals surface area contributed by atoms with E-state index < -0.39 is 22.7 Å². The van der Waals surface area contributed by atoms with Crippen LogP contribution >= 0.6 is 11.6 Å². The Labute approximate surface area is 190 Å². The minimum absolute atomic E-state index is 0.0503. The first-order chi connectivity index (χ1) is 15.3. The summed E-state index contributed by atoms with van der Waals surface area (Å²) in [4.78, 5) is 40.0. The number of amides is 1. The fourth-order valence-corrected chi connectivity index (χ4v) is 3.91. The summed E-state index contributed by atoms with van der Waals surface area (Å²) in [7, 11) is 0. The Morgan fingerprint density at radius 2 is 1.69 bits per heavy atom. The van der Waals surface area contributed by atoms with Crippen LogP contribution in [0.25, 0.3) is 5.76 Å². The Morgan fingerprint density at radius 1 is 1.09 bits per heavy atom. The number of likely N-dealkylation sites (N-methyl/N-ethyl adjacent to an activating group) is 1. The molecular formula is C23H24ClN3O5. The van der Waals surface area contributed by atoms with Gasteiger partial charge in [-0.3, -0.25) is 19.7 Å². The highest BCUT2D eigenvalue weighted by molar-refractivity contribution is 6.46. The number of nitro groups is 1. The SMILES string of the molecule is CCN(CC)CCN1C(=O)C(=O)/C(=C(/O)c2ccc(Cl)cc2)[C@H]1c1ccc([N+](=O)[O-])cc1. The van der Waals surface area contributed by atoms with Gasteiger partial charge in [0.1, 0.15) is 5.76 Å². The topological polar surface area (TPSA) is 104 Å². The molecule has 1 fully saturated rings. The lowest BCUT2D eigenvalue weighted by Crippen LogP contribution is -2.38. The lowest BCUT2D eigenvalue weighted by molar-refractivity contribution is -0.384. The van der Waals surface area contributed by atoms with Crippen molar-refractivity contribution in [3.63, 3.8) is 0 Å². The average molecular weight is 458 g/mol. The molecule has 0 bridgehead atoms. The largest absolute Gasteiger partial charge is 0.507 e. The number of carbonyl (C=O) groups is 2. The van der Waals surface area contributed by atoms with Crippen molar-refractivity contribution in [3.05, 3.63) is 80.4 Å². The number of ketones is 1. The van der Waals surface area contributed by atoms with E-state index in [1.54, 1.807) is 24.3 Å². The highest BCUT2D eigenvalue weighted by Crippen LogP contribution is 2.39. The zero-order chi connectivity index (χ0) is 23.4. The van der Waals surface area contributed by atoms with Crippen molar-refractivity contribution < 1.29 is 19.6 Å². The number of hydrogen-bond donors (Lipinski definition) is 1. The van der Waals surface area contributed by atoms with E-state index >= 15 is 0 Å².